The number of hydrogen-bond donors (Lipinski definition) is 1. The van der Waals surface area contributed by atoms with Gasteiger partial charge in [0, 0.05) is 26.2 Å². The first kappa shape index (κ1) is 19.6. The van der Waals surface area contributed by atoms with E-state index in [0.717, 1.165) is 13.1 Å². The Morgan fingerprint density at radius 3 is 2.65 bits per heavy atom. The Hall–Kier alpha value is -1.47. The quantitative estimate of drug-likeness (QED) is 0.756. The molecule has 0 radical (unpaired) electrons. The third kappa shape index (κ3) is 6.27. The fourth-order valence-corrected chi connectivity index (χ4v) is 2.25. The van der Waals surface area contributed by atoms with Crippen LogP contribution >= 0.6 is 12.4 Å². The number of halogens is 1. The standard InChI is InChI=1S/C16H24N4O2.ClH/c1-3-21-13(2)16-18-15(22-19-16)12-20(10-9-17)11-14-7-5-4-6-8-14;/h4-8,13H,3,9-12,17H2,1-2H3;1H. The Labute approximate surface area is 143 Å². The number of benzene rings is 1. The molecule has 0 aliphatic carbocycles. The van der Waals surface area contributed by atoms with Crippen LogP contribution in [0.2, 0.25) is 0 Å². The van der Waals surface area contributed by atoms with E-state index in [2.05, 4.69) is 27.2 Å². The van der Waals surface area contributed by atoms with Crippen molar-refractivity contribution in [3.8, 4) is 0 Å². The number of nitrogens with zero attached hydrogens (tertiary/aromatic N) is 3. The van der Waals surface area contributed by atoms with Gasteiger partial charge in [0.2, 0.25) is 5.89 Å². The van der Waals surface area contributed by atoms with Crippen LogP contribution in [0.15, 0.2) is 34.9 Å². The molecule has 0 aliphatic rings. The van der Waals surface area contributed by atoms with Crippen LogP contribution in [0.1, 0.15) is 37.2 Å². The van der Waals surface area contributed by atoms with Crippen LogP contribution in [0.5, 0.6) is 0 Å². The number of hydrogen-bond acceptors (Lipinski definition) is 6. The van der Waals surface area contributed by atoms with Crippen LogP contribution in [0.4, 0.5) is 0 Å². The molecule has 0 saturated carbocycles. The fourth-order valence-electron chi connectivity index (χ4n) is 2.25. The molecule has 6 nitrogen and oxygen atoms in total. The minimum absolute atomic E-state index is 0. The highest BCUT2D eigenvalue weighted by atomic mass is 35.5. The molecule has 2 rings (SSSR count). The lowest BCUT2D eigenvalue weighted by molar-refractivity contribution is 0.0683. The molecule has 0 spiro atoms. The summed E-state index contributed by atoms with van der Waals surface area (Å²) in [5.41, 5.74) is 6.94. The highest BCUT2D eigenvalue weighted by Gasteiger charge is 2.16. The van der Waals surface area contributed by atoms with Crippen molar-refractivity contribution < 1.29 is 9.26 Å². The molecule has 1 aromatic heterocycles. The number of aromatic nitrogens is 2. The van der Waals surface area contributed by atoms with Crippen molar-refractivity contribution in [2.45, 2.75) is 33.0 Å². The smallest absolute Gasteiger partial charge is 0.240 e. The van der Waals surface area contributed by atoms with Gasteiger partial charge >= 0.3 is 0 Å². The average Bonchev–Trinajstić information content (AvgIpc) is 2.97. The number of ether oxygens (including phenoxy) is 1. The van der Waals surface area contributed by atoms with E-state index in [4.69, 9.17) is 15.0 Å². The third-order valence-electron chi connectivity index (χ3n) is 3.32. The van der Waals surface area contributed by atoms with Gasteiger partial charge < -0.3 is 15.0 Å². The molecule has 1 heterocycles. The predicted octanol–water partition coefficient (Wildman–Crippen LogP) is 2.55. The summed E-state index contributed by atoms with van der Waals surface area (Å²) in [7, 11) is 0. The minimum atomic E-state index is -0.153. The summed E-state index contributed by atoms with van der Waals surface area (Å²) < 4.78 is 10.8. The lowest BCUT2D eigenvalue weighted by Gasteiger charge is -2.19. The van der Waals surface area contributed by atoms with Gasteiger partial charge in [0.05, 0.1) is 6.54 Å². The fraction of sp³-hybridized carbons (Fsp3) is 0.500. The lowest BCUT2D eigenvalue weighted by Crippen LogP contribution is -2.28. The van der Waals surface area contributed by atoms with Crippen LogP contribution in [-0.2, 0) is 17.8 Å². The topological polar surface area (TPSA) is 77.4 Å². The van der Waals surface area contributed by atoms with Crippen molar-refractivity contribution in [2.24, 2.45) is 5.73 Å². The summed E-state index contributed by atoms with van der Waals surface area (Å²) in [6.45, 7) is 7.23. The highest BCUT2D eigenvalue weighted by molar-refractivity contribution is 5.85. The number of rotatable bonds is 9. The Bertz CT molecular complexity index is 550. The molecule has 1 aromatic carbocycles. The molecule has 0 fully saturated rings. The summed E-state index contributed by atoms with van der Waals surface area (Å²) in [6, 6.07) is 10.3. The maximum atomic E-state index is 5.70. The van der Waals surface area contributed by atoms with Crippen molar-refractivity contribution in [3.63, 3.8) is 0 Å². The van der Waals surface area contributed by atoms with Gasteiger partial charge in [-0.3, -0.25) is 4.90 Å². The molecule has 1 unspecified atom stereocenters. The maximum Gasteiger partial charge on any atom is 0.240 e. The van der Waals surface area contributed by atoms with Gasteiger partial charge in [-0.1, -0.05) is 35.5 Å². The molecular weight excluding hydrogens is 316 g/mol. The molecule has 1 atom stereocenters. The van der Waals surface area contributed by atoms with Gasteiger partial charge in [-0.2, -0.15) is 4.98 Å². The summed E-state index contributed by atoms with van der Waals surface area (Å²) in [4.78, 5) is 6.60. The van der Waals surface area contributed by atoms with Gasteiger partial charge in [0.1, 0.15) is 6.10 Å². The van der Waals surface area contributed by atoms with E-state index in [9.17, 15) is 0 Å². The van der Waals surface area contributed by atoms with E-state index in [0.29, 0.717) is 31.4 Å². The van der Waals surface area contributed by atoms with Crippen LogP contribution < -0.4 is 5.73 Å². The first-order chi connectivity index (χ1) is 10.7. The molecule has 2 aromatic rings. The minimum Gasteiger partial charge on any atom is -0.371 e. The zero-order chi connectivity index (χ0) is 15.8. The van der Waals surface area contributed by atoms with Crippen LogP contribution in [0.25, 0.3) is 0 Å². The zero-order valence-corrected chi connectivity index (χ0v) is 14.5. The molecule has 0 amide bonds. The van der Waals surface area contributed by atoms with Crippen molar-refractivity contribution in [1.82, 2.24) is 15.0 Å². The van der Waals surface area contributed by atoms with E-state index >= 15 is 0 Å². The van der Waals surface area contributed by atoms with E-state index in [1.807, 2.05) is 32.0 Å². The molecule has 2 N–H and O–H groups in total. The van der Waals surface area contributed by atoms with Crippen molar-refractivity contribution in [3.05, 3.63) is 47.6 Å². The van der Waals surface area contributed by atoms with E-state index in [-0.39, 0.29) is 18.5 Å². The number of nitrogens with two attached hydrogens (primary N) is 1. The summed E-state index contributed by atoms with van der Waals surface area (Å²) in [5, 5.41) is 3.99. The van der Waals surface area contributed by atoms with Crippen molar-refractivity contribution in [1.29, 1.82) is 0 Å². The Morgan fingerprint density at radius 2 is 2.00 bits per heavy atom. The molecular formula is C16H25ClN4O2. The highest BCUT2D eigenvalue weighted by Crippen LogP contribution is 2.14. The van der Waals surface area contributed by atoms with Crippen LogP contribution in [-0.4, -0.2) is 34.7 Å². The Morgan fingerprint density at radius 1 is 1.26 bits per heavy atom. The van der Waals surface area contributed by atoms with Crippen LogP contribution in [0, 0.1) is 0 Å². The zero-order valence-electron chi connectivity index (χ0n) is 13.6. The monoisotopic (exact) mass is 340 g/mol. The normalized spacial score (nSPS) is 12.2. The largest absolute Gasteiger partial charge is 0.371 e. The molecule has 23 heavy (non-hydrogen) atoms. The van der Waals surface area contributed by atoms with Gasteiger partial charge in [-0.15, -0.1) is 12.4 Å². The lowest BCUT2D eigenvalue weighted by atomic mass is 10.2. The Balaban J connectivity index is 0.00000264. The average molecular weight is 341 g/mol. The SMILES string of the molecule is CCOC(C)c1noc(CN(CCN)Cc2ccccc2)n1.Cl. The summed E-state index contributed by atoms with van der Waals surface area (Å²) in [6.07, 6.45) is -0.153. The maximum absolute atomic E-state index is 5.70. The van der Waals surface area contributed by atoms with Crippen molar-refractivity contribution in [2.75, 3.05) is 19.7 Å². The van der Waals surface area contributed by atoms with Gasteiger partial charge in [0.25, 0.3) is 0 Å². The molecule has 0 saturated heterocycles. The first-order valence-electron chi connectivity index (χ1n) is 7.63. The molecule has 128 valence electrons. The molecule has 0 bridgehead atoms. The van der Waals surface area contributed by atoms with Crippen molar-refractivity contribution >= 4 is 12.4 Å². The van der Waals surface area contributed by atoms with E-state index in [1.54, 1.807) is 0 Å². The second kappa shape index (κ2) is 10.3. The van der Waals surface area contributed by atoms with Gasteiger partial charge in [-0.25, -0.2) is 0 Å². The summed E-state index contributed by atoms with van der Waals surface area (Å²) >= 11 is 0. The second-order valence-electron chi connectivity index (χ2n) is 5.13. The Kier molecular flexibility index (Phi) is 8.79. The first-order valence-corrected chi connectivity index (χ1v) is 7.63. The van der Waals surface area contributed by atoms with E-state index < -0.39 is 0 Å². The predicted molar refractivity (Wildman–Crippen MR) is 91.2 cm³/mol. The van der Waals surface area contributed by atoms with Crippen LogP contribution in [0.3, 0.4) is 0 Å². The van der Waals surface area contributed by atoms with E-state index in [1.165, 1.54) is 5.56 Å². The molecule has 7 heteroatoms. The second-order valence-corrected chi connectivity index (χ2v) is 5.13. The molecule has 0 aliphatic heterocycles. The van der Waals surface area contributed by atoms with Gasteiger partial charge in [-0.05, 0) is 19.4 Å². The third-order valence-corrected chi connectivity index (χ3v) is 3.32. The van der Waals surface area contributed by atoms with Gasteiger partial charge in [0.15, 0.2) is 5.82 Å². The summed E-state index contributed by atoms with van der Waals surface area (Å²) in [5.74, 6) is 1.18.